The molecule has 0 N–H and O–H groups in total. The van der Waals surface area contributed by atoms with Gasteiger partial charge < -0.3 is 9.69 Å². The predicted molar refractivity (Wildman–Crippen MR) is 129 cm³/mol. The van der Waals surface area contributed by atoms with E-state index in [1.54, 1.807) is 0 Å². The van der Waals surface area contributed by atoms with Crippen molar-refractivity contribution in [3.05, 3.63) is 70.3 Å². The number of nitrogens with zero attached hydrogens (tertiary/aromatic N) is 2. The van der Waals surface area contributed by atoms with Crippen LogP contribution in [-0.4, -0.2) is 30.7 Å². The van der Waals surface area contributed by atoms with Gasteiger partial charge in [-0.05, 0) is 73.1 Å². The molecule has 1 aliphatic heterocycles. The fraction of sp³-hybridized carbons (Fsp3) is 0.444. The highest BCUT2D eigenvalue weighted by atomic mass is 16.2. The zero-order chi connectivity index (χ0) is 23.8. The Kier molecular flexibility index (Phi) is 14.4. The first kappa shape index (κ1) is 28.1. The Morgan fingerprint density at radius 2 is 1.58 bits per heavy atom. The molecule has 0 saturated carbocycles. The molecule has 0 aromatic heterocycles. The predicted octanol–water partition coefficient (Wildman–Crippen LogP) is 6.32. The maximum absolute atomic E-state index is 12.8. The SMILES string of the molecule is C=O.CC.CC.CCc1ccc(C(=O)N2CCC(c3ccc(C#N)cc3)CC2)cc1C. The van der Waals surface area contributed by atoms with Crippen molar-refractivity contribution in [1.82, 2.24) is 4.90 Å². The van der Waals surface area contributed by atoms with Gasteiger partial charge in [-0.15, -0.1) is 0 Å². The molecule has 4 heteroatoms. The molecule has 2 aromatic carbocycles. The number of benzene rings is 2. The molecule has 0 atom stereocenters. The lowest BCUT2D eigenvalue weighted by molar-refractivity contribution is -0.0980. The minimum atomic E-state index is 0.143. The Bertz CT molecular complexity index is 814. The van der Waals surface area contributed by atoms with Crippen LogP contribution in [0.2, 0.25) is 0 Å². The topological polar surface area (TPSA) is 61.2 Å². The summed E-state index contributed by atoms with van der Waals surface area (Å²) in [6, 6.07) is 16.1. The van der Waals surface area contributed by atoms with Crippen LogP contribution in [0.5, 0.6) is 0 Å². The largest absolute Gasteiger partial charge is 0.339 e. The van der Waals surface area contributed by atoms with Crippen molar-refractivity contribution in [1.29, 1.82) is 5.26 Å². The zero-order valence-corrected chi connectivity index (χ0v) is 20.1. The lowest BCUT2D eigenvalue weighted by Gasteiger charge is -2.32. The van der Waals surface area contributed by atoms with E-state index in [1.165, 1.54) is 16.7 Å². The molecule has 3 rings (SSSR count). The number of rotatable bonds is 3. The van der Waals surface area contributed by atoms with E-state index in [4.69, 9.17) is 10.1 Å². The van der Waals surface area contributed by atoms with Gasteiger partial charge in [0.15, 0.2) is 0 Å². The number of piperidine rings is 1. The van der Waals surface area contributed by atoms with E-state index in [0.29, 0.717) is 11.5 Å². The number of carbonyl (C=O) groups is 2. The van der Waals surface area contributed by atoms with E-state index < -0.39 is 0 Å². The Morgan fingerprint density at radius 3 is 2.03 bits per heavy atom. The van der Waals surface area contributed by atoms with E-state index >= 15 is 0 Å². The van der Waals surface area contributed by atoms with Crippen LogP contribution in [0.4, 0.5) is 0 Å². The monoisotopic (exact) mass is 422 g/mol. The first-order valence-corrected chi connectivity index (χ1v) is 11.3. The molecule has 31 heavy (non-hydrogen) atoms. The fourth-order valence-electron chi connectivity index (χ4n) is 3.65. The van der Waals surface area contributed by atoms with Crippen LogP contribution >= 0.6 is 0 Å². The number of hydrogen-bond acceptors (Lipinski definition) is 3. The van der Waals surface area contributed by atoms with Gasteiger partial charge in [0.2, 0.25) is 0 Å². The van der Waals surface area contributed by atoms with Crippen molar-refractivity contribution >= 4 is 12.7 Å². The van der Waals surface area contributed by atoms with E-state index in [0.717, 1.165) is 37.9 Å². The quantitative estimate of drug-likeness (QED) is 0.582. The maximum Gasteiger partial charge on any atom is 0.253 e. The molecule has 1 aliphatic rings. The lowest BCUT2D eigenvalue weighted by Crippen LogP contribution is -2.38. The fourth-order valence-corrected chi connectivity index (χ4v) is 3.65. The third-order valence-electron chi connectivity index (χ3n) is 5.26. The second-order valence-electron chi connectivity index (χ2n) is 6.80. The van der Waals surface area contributed by atoms with Crippen molar-refractivity contribution < 1.29 is 9.59 Å². The molecule has 0 radical (unpaired) electrons. The molecule has 0 spiro atoms. The smallest absolute Gasteiger partial charge is 0.253 e. The molecule has 0 aliphatic carbocycles. The number of likely N-dealkylation sites (tertiary alicyclic amines) is 1. The van der Waals surface area contributed by atoms with Crippen molar-refractivity contribution in [2.24, 2.45) is 0 Å². The van der Waals surface area contributed by atoms with E-state index in [9.17, 15) is 4.79 Å². The standard InChI is InChI=1S/C22H24N2O.2C2H6.CH2O/c1-3-18-8-9-21(14-16(18)2)22(25)24-12-10-20(11-13-24)19-6-4-17(15-23)5-7-19;3*1-2/h4-9,14,20H,3,10-13H2,1-2H3;2*1-2H3;1H2. The third kappa shape index (κ3) is 8.02. The zero-order valence-electron chi connectivity index (χ0n) is 20.1. The van der Waals surface area contributed by atoms with Gasteiger partial charge in [0.1, 0.15) is 6.79 Å². The van der Waals surface area contributed by atoms with Crippen molar-refractivity contribution in [2.75, 3.05) is 13.1 Å². The van der Waals surface area contributed by atoms with Crippen LogP contribution in [0.15, 0.2) is 42.5 Å². The minimum Gasteiger partial charge on any atom is -0.339 e. The van der Waals surface area contributed by atoms with E-state index in [1.807, 2.05) is 75.8 Å². The second-order valence-corrected chi connectivity index (χ2v) is 6.80. The van der Waals surface area contributed by atoms with Gasteiger partial charge in [0.25, 0.3) is 5.91 Å². The second kappa shape index (κ2) is 15.8. The van der Waals surface area contributed by atoms with Crippen LogP contribution in [-0.2, 0) is 11.2 Å². The van der Waals surface area contributed by atoms with E-state index in [2.05, 4.69) is 26.0 Å². The first-order chi connectivity index (χ1) is 15.1. The summed E-state index contributed by atoms with van der Waals surface area (Å²) in [5.41, 5.74) is 5.26. The number of hydrogen-bond donors (Lipinski definition) is 0. The summed E-state index contributed by atoms with van der Waals surface area (Å²) in [6.07, 6.45) is 2.95. The Hall–Kier alpha value is -2.93. The van der Waals surface area contributed by atoms with E-state index in [-0.39, 0.29) is 5.91 Å². The Labute approximate surface area is 188 Å². The molecule has 1 amide bonds. The normalized spacial score (nSPS) is 12.6. The summed E-state index contributed by atoms with van der Waals surface area (Å²) >= 11 is 0. The van der Waals surface area contributed by atoms with Crippen LogP contribution in [0, 0.1) is 18.3 Å². The Morgan fingerprint density at radius 1 is 1.03 bits per heavy atom. The number of nitriles is 1. The van der Waals surface area contributed by atoms with Crippen LogP contribution in [0.3, 0.4) is 0 Å². The van der Waals surface area contributed by atoms with Gasteiger partial charge in [-0.3, -0.25) is 4.79 Å². The molecular formula is C27H38N2O2. The first-order valence-electron chi connectivity index (χ1n) is 11.3. The van der Waals surface area contributed by atoms with Gasteiger partial charge in [0.05, 0.1) is 11.6 Å². The van der Waals surface area contributed by atoms with Gasteiger partial charge in [-0.25, -0.2) is 0 Å². The highest BCUT2D eigenvalue weighted by Crippen LogP contribution is 2.29. The molecule has 2 aromatic rings. The van der Waals surface area contributed by atoms with Crippen LogP contribution in [0.1, 0.15) is 86.0 Å². The lowest BCUT2D eigenvalue weighted by atomic mass is 9.88. The molecule has 0 unspecified atom stereocenters. The van der Waals surface area contributed by atoms with Gasteiger partial charge >= 0.3 is 0 Å². The summed E-state index contributed by atoms with van der Waals surface area (Å²) < 4.78 is 0. The van der Waals surface area contributed by atoms with Gasteiger partial charge in [-0.1, -0.05) is 52.8 Å². The number of carbonyl (C=O) groups excluding carboxylic acids is 2. The number of amides is 1. The third-order valence-corrected chi connectivity index (χ3v) is 5.26. The summed E-state index contributed by atoms with van der Waals surface area (Å²) in [7, 11) is 0. The molecule has 1 fully saturated rings. The summed E-state index contributed by atoms with van der Waals surface area (Å²) in [4.78, 5) is 22.7. The molecule has 1 saturated heterocycles. The average Bonchev–Trinajstić information content (AvgIpc) is 2.87. The van der Waals surface area contributed by atoms with Gasteiger partial charge in [0, 0.05) is 18.7 Å². The van der Waals surface area contributed by atoms with Crippen LogP contribution < -0.4 is 0 Å². The summed E-state index contributed by atoms with van der Waals surface area (Å²) in [5, 5.41) is 8.90. The molecule has 4 nitrogen and oxygen atoms in total. The average molecular weight is 423 g/mol. The maximum atomic E-state index is 12.8. The van der Waals surface area contributed by atoms with Crippen molar-refractivity contribution in [3.8, 4) is 6.07 Å². The summed E-state index contributed by atoms with van der Waals surface area (Å²) in [6.45, 7) is 15.8. The van der Waals surface area contributed by atoms with Crippen molar-refractivity contribution in [2.45, 2.75) is 66.7 Å². The molecular weight excluding hydrogens is 384 g/mol. The Balaban J connectivity index is 0.00000138. The van der Waals surface area contributed by atoms with Crippen molar-refractivity contribution in [3.63, 3.8) is 0 Å². The van der Waals surface area contributed by atoms with Gasteiger partial charge in [-0.2, -0.15) is 5.26 Å². The summed E-state index contributed by atoms with van der Waals surface area (Å²) in [5.74, 6) is 0.616. The molecule has 1 heterocycles. The number of aryl methyl sites for hydroxylation is 2. The molecule has 0 bridgehead atoms. The highest BCUT2D eigenvalue weighted by molar-refractivity contribution is 5.94. The molecule has 168 valence electrons. The van der Waals surface area contributed by atoms with Crippen LogP contribution in [0.25, 0.3) is 0 Å². The minimum absolute atomic E-state index is 0.143. The highest BCUT2D eigenvalue weighted by Gasteiger charge is 2.24.